The van der Waals surface area contributed by atoms with Crippen molar-refractivity contribution in [2.45, 2.75) is 46.1 Å². The molecule has 6 nitrogen and oxygen atoms in total. The summed E-state index contributed by atoms with van der Waals surface area (Å²) in [4.78, 5) is 22.8. The van der Waals surface area contributed by atoms with Crippen LogP contribution in [0.25, 0.3) is 11.4 Å². The molecule has 0 aliphatic carbocycles. The van der Waals surface area contributed by atoms with Gasteiger partial charge >= 0.3 is 0 Å². The molecule has 2 aromatic rings. The lowest BCUT2D eigenvalue weighted by atomic mass is 9.92. The van der Waals surface area contributed by atoms with E-state index in [2.05, 4.69) is 28.9 Å². The van der Waals surface area contributed by atoms with Crippen LogP contribution >= 0.6 is 0 Å². The number of aromatic nitrogens is 4. The Hall–Kier alpha value is -2.24. The maximum atomic E-state index is 11.7. The van der Waals surface area contributed by atoms with Crippen molar-refractivity contribution in [2.24, 2.45) is 5.92 Å². The summed E-state index contributed by atoms with van der Waals surface area (Å²) in [6.45, 7) is 7.56. The zero-order chi connectivity index (χ0) is 17.1. The molecule has 0 aromatic carbocycles. The van der Waals surface area contributed by atoms with Crippen LogP contribution in [-0.2, 0) is 11.2 Å². The highest BCUT2D eigenvalue weighted by atomic mass is 16.2. The number of amides is 1. The van der Waals surface area contributed by atoms with Gasteiger partial charge in [0.05, 0.1) is 11.4 Å². The van der Waals surface area contributed by atoms with E-state index in [-0.39, 0.29) is 11.9 Å². The van der Waals surface area contributed by atoms with Gasteiger partial charge in [-0.2, -0.15) is 5.10 Å². The van der Waals surface area contributed by atoms with E-state index in [1.807, 2.05) is 21.8 Å². The number of hydrogen-bond acceptors (Lipinski definition) is 4. The number of nitrogens with zero attached hydrogens (tertiary/aromatic N) is 5. The fraction of sp³-hybridized carbons (Fsp3) is 0.556. The van der Waals surface area contributed by atoms with Crippen molar-refractivity contribution >= 4 is 5.91 Å². The fourth-order valence-corrected chi connectivity index (χ4v) is 3.43. The van der Waals surface area contributed by atoms with Crippen LogP contribution in [0.5, 0.6) is 0 Å². The normalized spacial score (nSPS) is 18.2. The van der Waals surface area contributed by atoms with E-state index in [4.69, 9.17) is 0 Å². The third-order valence-electron chi connectivity index (χ3n) is 4.62. The molecule has 0 saturated carbocycles. The quantitative estimate of drug-likeness (QED) is 0.866. The third kappa shape index (κ3) is 3.47. The summed E-state index contributed by atoms with van der Waals surface area (Å²) in [5.41, 5.74) is 2.91. The standard InChI is InChI=1S/C18H25N5O/c1-13(2)23-17(6-7-21-23)18-16(19-8-9-20-18)11-15-5-4-10-22(12-15)14(3)24/h6-9,13,15H,4-5,10-12H2,1-3H3. The monoisotopic (exact) mass is 327 g/mol. The van der Waals surface area contributed by atoms with Crippen LogP contribution in [0.3, 0.4) is 0 Å². The fourth-order valence-electron chi connectivity index (χ4n) is 3.43. The van der Waals surface area contributed by atoms with Crippen molar-refractivity contribution in [3.63, 3.8) is 0 Å². The number of hydrogen-bond donors (Lipinski definition) is 0. The number of likely N-dealkylation sites (tertiary alicyclic amines) is 1. The van der Waals surface area contributed by atoms with E-state index in [0.717, 1.165) is 49.4 Å². The van der Waals surface area contributed by atoms with Gasteiger partial charge in [-0.15, -0.1) is 0 Å². The first-order valence-electron chi connectivity index (χ1n) is 8.65. The van der Waals surface area contributed by atoms with Crippen LogP contribution in [0, 0.1) is 5.92 Å². The van der Waals surface area contributed by atoms with Gasteiger partial charge in [-0.1, -0.05) is 0 Å². The molecule has 1 aliphatic rings. The van der Waals surface area contributed by atoms with Crippen LogP contribution in [-0.4, -0.2) is 43.6 Å². The summed E-state index contributed by atoms with van der Waals surface area (Å²) >= 11 is 0. The van der Waals surface area contributed by atoms with Gasteiger partial charge in [0.2, 0.25) is 5.91 Å². The van der Waals surface area contributed by atoms with E-state index in [1.165, 1.54) is 0 Å². The molecule has 1 saturated heterocycles. The second kappa shape index (κ2) is 7.11. The van der Waals surface area contributed by atoms with Crippen LogP contribution in [0.4, 0.5) is 0 Å². The van der Waals surface area contributed by atoms with Crippen molar-refractivity contribution < 1.29 is 4.79 Å². The van der Waals surface area contributed by atoms with Gasteiger partial charge in [0.1, 0.15) is 5.69 Å². The van der Waals surface area contributed by atoms with Gasteiger partial charge in [-0.25, -0.2) is 0 Å². The van der Waals surface area contributed by atoms with Gasteiger partial charge < -0.3 is 4.90 Å². The lowest BCUT2D eigenvalue weighted by Crippen LogP contribution is -2.39. The highest BCUT2D eigenvalue weighted by Gasteiger charge is 2.24. The maximum Gasteiger partial charge on any atom is 0.219 e. The number of rotatable bonds is 4. The third-order valence-corrected chi connectivity index (χ3v) is 4.62. The lowest BCUT2D eigenvalue weighted by Gasteiger charge is -2.32. The Balaban J connectivity index is 1.85. The van der Waals surface area contributed by atoms with Crippen LogP contribution < -0.4 is 0 Å². The number of piperidine rings is 1. The largest absolute Gasteiger partial charge is 0.343 e. The molecular weight excluding hydrogens is 302 g/mol. The molecular formula is C18H25N5O. The number of carbonyl (C=O) groups excluding carboxylic acids is 1. The molecule has 0 spiro atoms. The second-order valence-corrected chi connectivity index (χ2v) is 6.78. The molecule has 3 heterocycles. The van der Waals surface area contributed by atoms with Gasteiger partial charge in [0.15, 0.2) is 0 Å². The summed E-state index contributed by atoms with van der Waals surface area (Å²) in [7, 11) is 0. The summed E-state index contributed by atoms with van der Waals surface area (Å²) in [5.74, 6) is 0.602. The predicted octanol–water partition coefficient (Wildman–Crippen LogP) is 2.72. The van der Waals surface area contributed by atoms with Crippen molar-refractivity contribution in [2.75, 3.05) is 13.1 Å². The molecule has 1 atom stereocenters. The predicted molar refractivity (Wildman–Crippen MR) is 92.3 cm³/mol. The Morgan fingerprint density at radius 3 is 2.83 bits per heavy atom. The van der Waals surface area contributed by atoms with Gasteiger partial charge in [-0.05, 0) is 45.1 Å². The first kappa shape index (κ1) is 16.6. The summed E-state index contributed by atoms with van der Waals surface area (Å²) in [5, 5.41) is 4.41. The summed E-state index contributed by atoms with van der Waals surface area (Å²) in [6, 6.07) is 2.27. The molecule has 24 heavy (non-hydrogen) atoms. The molecule has 1 amide bonds. The van der Waals surface area contributed by atoms with E-state index < -0.39 is 0 Å². The minimum absolute atomic E-state index is 0.164. The Bertz CT molecular complexity index is 709. The van der Waals surface area contributed by atoms with Crippen LogP contribution in [0.2, 0.25) is 0 Å². The molecule has 1 unspecified atom stereocenters. The molecule has 2 aromatic heterocycles. The zero-order valence-electron chi connectivity index (χ0n) is 14.6. The molecule has 1 fully saturated rings. The molecule has 1 aliphatic heterocycles. The highest BCUT2D eigenvalue weighted by molar-refractivity contribution is 5.73. The topological polar surface area (TPSA) is 63.9 Å². The smallest absolute Gasteiger partial charge is 0.219 e. The molecule has 128 valence electrons. The van der Waals surface area contributed by atoms with Crippen molar-refractivity contribution in [1.29, 1.82) is 0 Å². The van der Waals surface area contributed by atoms with E-state index >= 15 is 0 Å². The summed E-state index contributed by atoms with van der Waals surface area (Å²) in [6.07, 6.45) is 8.33. The Kier molecular flexibility index (Phi) is 4.92. The molecule has 6 heteroatoms. The zero-order valence-corrected chi connectivity index (χ0v) is 14.6. The Morgan fingerprint density at radius 1 is 1.29 bits per heavy atom. The molecule has 0 radical (unpaired) electrons. The van der Waals surface area contributed by atoms with Crippen LogP contribution in [0.1, 0.15) is 45.3 Å². The van der Waals surface area contributed by atoms with Crippen LogP contribution in [0.15, 0.2) is 24.7 Å². The maximum absolute atomic E-state index is 11.7. The Morgan fingerprint density at radius 2 is 2.08 bits per heavy atom. The lowest BCUT2D eigenvalue weighted by molar-refractivity contribution is -0.130. The highest BCUT2D eigenvalue weighted by Crippen LogP contribution is 2.27. The van der Waals surface area contributed by atoms with Crippen molar-refractivity contribution in [1.82, 2.24) is 24.6 Å². The molecule has 0 bridgehead atoms. The van der Waals surface area contributed by atoms with Crippen molar-refractivity contribution in [3.8, 4) is 11.4 Å². The van der Waals surface area contributed by atoms with Crippen molar-refractivity contribution in [3.05, 3.63) is 30.4 Å². The van der Waals surface area contributed by atoms with Gasteiger partial charge in [0.25, 0.3) is 0 Å². The molecule has 0 N–H and O–H groups in total. The minimum Gasteiger partial charge on any atom is -0.343 e. The first-order valence-corrected chi connectivity index (χ1v) is 8.65. The van der Waals surface area contributed by atoms with E-state index in [1.54, 1.807) is 19.3 Å². The van der Waals surface area contributed by atoms with E-state index in [0.29, 0.717) is 5.92 Å². The average Bonchev–Trinajstić information content (AvgIpc) is 3.05. The van der Waals surface area contributed by atoms with Gasteiger partial charge in [0, 0.05) is 44.6 Å². The molecule has 3 rings (SSSR count). The Labute approximate surface area is 142 Å². The first-order chi connectivity index (χ1) is 11.6. The summed E-state index contributed by atoms with van der Waals surface area (Å²) < 4.78 is 1.98. The average molecular weight is 327 g/mol. The second-order valence-electron chi connectivity index (χ2n) is 6.78. The number of carbonyl (C=O) groups is 1. The van der Waals surface area contributed by atoms with Gasteiger partial charge in [-0.3, -0.25) is 19.4 Å². The SMILES string of the molecule is CC(=O)N1CCCC(Cc2nccnc2-c2ccnn2C(C)C)C1. The van der Waals surface area contributed by atoms with E-state index in [9.17, 15) is 4.79 Å². The minimum atomic E-state index is 0.164.